The van der Waals surface area contributed by atoms with Gasteiger partial charge in [0.1, 0.15) is 5.54 Å². The van der Waals surface area contributed by atoms with Crippen molar-refractivity contribution in [2.75, 3.05) is 14.2 Å². The number of rotatable bonds is 7. The largest absolute Gasteiger partial charge is 0.469 e. The molecule has 0 atom stereocenters. The van der Waals surface area contributed by atoms with Crippen LogP contribution in [0.5, 0.6) is 0 Å². The van der Waals surface area contributed by atoms with Gasteiger partial charge in [0.15, 0.2) is 0 Å². The molecule has 0 aliphatic heterocycles. The van der Waals surface area contributed by atoms with Crippen LogP contribution in [0, 0.1) is 19.8 Å². The number of aryl methyl sites for hydroxylation is 1. The lowest BCUT2D eigenvalue weighted by Crippen LogP contribution is -2.56. The second-order valence-electron chi connectivity index (χ2n) is 8.89. The van der Waals surface area contributed by atoms with Gasteiger partial charge in [0.2, 0.25) is 0 Å². The minimum atomic E-state index is -0.971. The molecule has 2 aromatic rings. The van der Waals surface area contributed by atoms with Crippen molar-refractivity contribution in [3.8, 4) is 5.69 Å². The number of hydrogen-bond donors (Lipinski definition) is 1. The number of ether oxygens (including phenoxy) is 2. The SMILES string of the molecule is COC(=O)CCc1c(C)nn(-c2ccc(C(=O)NC3(C(=O)OC)CCC(C)CC3)cc2)c1C. The molecule has 1 saturated carbocycles. The third-order valence-corrected chi connectivity index (χ3v) is 6.68. The van der Waals surface area contributed by atoms with Gasteiger partial charge in [-0.25, -0.2) is 9.48 Å². The highest BCUT2D eigenvalue weighted by molar-refractivity contribution is 5.98. The van der Waals surface area contributed by atoms with Crippen molar-refractivity contribution in [1.82, 2.24) is 15.1 Å². The first-order valence-electron chi connectivity index (χ1n) is 11.3. The molecule has 1 amide bonds. The van der Waals surface area contributed by atoms with E-state index in [9.17, 15) is 14.4 Å². The number of esters is 2. The molecule has 8 nitrogen and oxygen atoms in total. The van der Waals surface area contributed by atoms with Crippen molar-refractivity contribution in [1.29, 1.82) is 0 Å². The number of aromatic nitrogens is 2. The number of carbonyl (C=O) groups is 3. The number of methoxy groups -OCH3 is 2. The van der Waals surface area contributed by atoms with E-state index in [4.69, 9.17) is 9.47 Å². The first kappa shape index (κ1) is 24.5. The lowest BCUT2D eigenvalue weighted by molar-refractivity contribution is -0.150. The molecule has 1 aliphatic carbocycles. The molecule has 8 heteroatoms. The summed E-state index contributed by atoms with van der Waals surface area (Å²) >= 11 is 0. The summed E-state index contributed by atoms with van der Waals surface area (Å²) in [5.41, 5.74) is 3.10. The van der Waals surface area contributed by atoms with Crippen molar-refractivity contribution in [2.45, 2.75) is 64.8 Å². The standard InChI is InChI=1S/C25H33N3O5/c1-16-12-14-25(15-13-16,24(31)33-5)26-23(30)19-6-8-20(9-7-19)28-18(3)21(17(2)27-28)10-11-22(29)32-4/h6-9,16H,10-15H2,1-5H3,(H,26,30). The molecular formula is C25H33N3O5. The topological polar surface area (TPSA) is 99.5 Å². The van der Waals surface area contributed by atoms with Crippen molar-refractivity contribution in [3.05, 3.63) is 46.8 Å². The maximum Gasteiger partial charge on any atom is 0.331 e. The van der Waals surface area contributed by atoms with Crippen LogP contribution in [-0.4, -0.2) is 47.4 Å². The van der Waals surface area contributed by atoms with Gasteiger partial charge < -0.3 is 14.8 Å². The van der Waals surface area contributed by atoms with Crippen LogP contribution in [0.15, 0.2) is 24.3 Å². The monoisotopic (exact) mass is 455 g/mol. The van der Waals surface area contributed by atoms with Gasteiger partial charge in [0.05, 0.1) is 25.6 Å². The van der Waals surface area contributed by atoms with Crippen LogP contribution < -0.4 is 5.32 Å². The van der Waals surface area contributed by atoms with Crippen molar-refractivity contribution < 1.29 is 23.9 Å². The Morgan fingerprint density at radius 1 is 1.09 bits per heavy atom. The lowest BCUT2D eigenvalue weighted by atomic mass is 9.77. The molecular weight excluding hydrogens is 422 g/mol. The minimum absolute atomic E-state index is 0.255. The molecule has 3 rings (SSSR count). The number of amides is 1. The molecule has 1 fully saturated rings. The summed E-state index contributed by atoms with van der Waals surface area (Å²) in [5, 5.41) is 7.56. The molecule has 1 aromatic carbocycles. The predicted molar refractivity (Wildman–Crippen MR) is 123 cm³/mol. The average Bonchev–Trinajstić information content (AvgIpc) is 3.11. The lowest BCUT2D eigenvalue weighted by Gasteiger charge is -2.37. The van der Waals surface area contributed by atoms with Crippen LogP contribution in [0.25, 0.3) is 5.69 Å². The third kappa shape index (κ3) is 5.26. The Labute approximate surface area is 194 Å². The van der Waals surface area contributed by atoms with Crippen LogP contribution in [0.1, 0.15) is 66.3 Å². The van der Waals surface area contributed by atoms with E-state index >= 15 is 0 Å². The highest BCUT2D eigenvalue weighted by atomic mass is 16.5. The fraction of sp³-hybridized carbons (Fsp3) is 0.520. The Kier molecular flexibility index (Phi) is 7.56. The Morgan fingerprint density at radius 3 is 2.30 bits per heavy atom. The molecule has 0 bridgehead atoms. The van der Waals surface area contributed by atoms with E-state index in [1.807, 2.05) is 30.7 Å². The Balaban J connectivity index is 1.77. The van der Waals surface area contributed by atoms with Crippen LogP contribution in [0.3, 0.4) is 0 Å². The zero-order valence-electron chi connectivity index (χ0n) is 20.1. The first-order chi connectivity index (χ1) is 15.7. The molecule has 0 spiro atoms. The van der Waals surface area contributed by atoms with Crippen LogP contribution in [0.2, 0.25) is 0 Å². The maximum atomic E-state index is 13.0. The quantitative estimate of drug-likeness (QED) is 0.642. The normalized spacial score (nSPS) is 20.2. The second-order valence-corrected chi connectivity index (χ2v) is 8.89. The van der Waals surface area contributed by atoms with E-state index in [2.05, 4.69) is 17.3 Å². The van der Waals surface area contributed by atoms with Gasteiger partial charge in [0, 0.05) is 17.7 Å². The van der Waals surface area contributed by atoms with Crippen LogP contribution in [0.4, 0.5) is 0 Å². The van der Waals surface area contributed by atoms with E-state index < -0.39 is 5.54 Å². The van der Waals surface area contributed by atoms with E-state index in [1.54, 1.807) is 12.1 Å². The molecule has 0 saturated heterocycles. The fourth-order valence-electron chi connectivity index (χ4n) is 4.49. The molecule has 1 aromatic heterocycles. The highest BCUT2D eigenvalue weighted by Gasteiger charge is 2.43. The van der Waals surface area contributed by atoms with Crippen molar-refractivity contribution >= 4 is 17.8 Å². The Hall–Kier alpha value is -3.16. The van der Waals surface area contributed by atoms with Gasteiger partial charge in [-0.3, -0.25) is 9.59 Å². The summed E-state index contributed by atoms with van der Waals surface area (Å²) in [6, 6.07) is 7.11. The van der Waals surface area contributed by atoms with Gasteiger partial charge in [-0.05, 0) is 81.7 Å². The molecule has 33 heavy (non-hydrogen) atoms. The summed E-state index contributed by atoms with van der Waals surface area (Å²) < 4.78 is 11.6. The van der Waals surface area contributed by atoms with Gasteiger partial charge >= 0.3 is 11.9 Å². The fourth-order valence-corrected chi connectivity index (χ4v) is 4.49. The van der Waals surface area contributed by atoms with E-state index in [0.717, 1.165) is 35.5 Å². The summed E-state index contributed by atoms with van der Waals surface area (Å²) in [7, 11) is 2.74. The number of benzene rings is 1. The van der Waals surface area contributed by atoms with Crippen molar-refractivity contribution in [2.24, 2.45) is 5.92 Å². The molecule has 1 N–H and O–H groups in total. The van der Waals surface area contributed by atoms with Gasteiger partial charge in [0.25, 0.3) is 5.91 Å². The van der Waals surface area contributed by atoms with E-state index in [0.29, 0.717) is 37.2 Å². The zero-order valence-corrected chi connectivity index (χ0v) is 20.1. The highest BCUT2D eigenvalue weighted by Crippen LogP contribution is 2.33. The first-order valence-corrected chi connectivity index (χ1v) is 11.3. The third-order valence-electron chi connectivity index (χ3n) is 6.68. The van der Waals surface area contributed by atoms with E-state index in [1.165, 1.54) is 14.2 Å². The average molecular weight is 456 g/mol. The molecule has 1 aliphatic rings. The summed E-state index contributed by atoms with van der Waals surface area (Å²) in [4.78, 5) is 37.0. The number of nitrogens with one attached hydrogen (secondary N) is 1. The van der Waals surface area contributed by atoms with E-state index in [-0.39, 0.29) is 17.8 Å². The number of nitrogens with zero attached hydrogens (tertiary/aromatic N) is 2. The molecule has 178 valence electrons. The predicted octanol–water partition coefficient (Wildman–Crippen LogP) is 3.45. The van der Waals surface area contributed by atoms with Crippen LogP contribution in [-0.2, 0) is 25.5 Å². The number of hydrogen-bond acceptors (Lipinski definition) is 6. The smallest absolute Gasteiger partial charge is 0.331 e. The molecule has 0 unspecified atom stereocenters. The number of carbonyl (C=O) groups excluding carboxylic acids is 3. The Bertz CT molecular complexity index is 1020. The summed E-state index contributed by atoms with van der Waals surface area (Å²) in [6.45, 7) is 6.02. The molecule has 0 radical (unpaired) electrons. The van der Waals surface area contributed by atoms with Gasteiger partial charge in [-0.15, -0.1) is 0 Å². The summed E-state index contributed by atoms with van der Waals surface area (Å²) in [5.74, 6) is -0.415. The second kappa shape index (κ2) is 10.2. The van der Waals surface area contributed by atoms with Crippen molar-refractivity contribution in [3.63, 3.8) is 0 Å². The summed E-state index contributed by atoms with van der Waals surface area (Å²) in [6.07, 6.45) is 3.73. The Morgan fingerprint density at radius 2 is 1.73 bits per heavy atom. The molecule has 1 heterocycles. The zero-order chi connectivity index (χ0) is 24.2. The maximum absolute atomic E-state index is 13.0. The van der Waals surface area contributed by atoms with Gasteiger partial charge in [-0.1, -0.05) is 6.92 Å². The minimum Gasteiger partial charge on any atom is -0.469 e. The van der Waals surface area contributed by atoms with Gasteiger partial charge in [-0.2, -0.15) is 5.10 Å². The van der Waals surface area contributed by atoms with Crippen LogP contribution >= 0.6 is 0 Å².